The second kappa shape index (κ2) is 8.94. The average Bonchev–Trinajstić information content (AvgIpc) is 3.40. The fourth-order valence-electron chi connectivity index (χ4n) is 3.83. The zero-order valence-corrected chi connectivity index (χ0v) is 19.3. The van der Waals surface area contributed by atoms with Crippen LogP contribution in [-0.2, 0) is 0 Å². The molecule has 1 aliphatic heterocycles. The van der Waals surface area contributed by atoms with E-state index in [9.17, 15) is 4.79 Å². The molecule has 0 radical (unpaired) electrons. The van der Waals surface area contributed by atoms with Crippen molar-refractivity contribution in [3.05, 3.63) is 76.3 Å². The van der Waals surface area contributed by atoms with Crippen molar-refractivity contribution in [1.82, 2.24) is 19.6 Å². The van der Waals surface area contributed by atoms with Gasteiger partial charge in [-0.1, -0.05) is 29.8 Å². The van der Waals surface area contributed by atoms with E-state index in [1.54, 1.807) is 0 Å². The number of piperazine rings is 1. The van der Waals surface area contributed by atoms with Crippen LogP contribution in [0.15, 0.2) is 60.7 Å². The van der Waals surface area contributed by atoms with E-state index in [2.05, 4.69) is 10.00 Å². The number of carbonyl (C=O) groups excluding carboxylic acids is 1. The highest BCUT2D eigenvalue weighted by molar-refractivity contribution is 7.20. The minimum atomic E-state index is 0.0866. The van der Waals surface area contributed by atoms with Crippen molar-refractivity contribution in [3.63, 3.8) is 0 Å². The summed E-state index contributed by atoms with van der Waals surface area (Å²) in [5, 5.41) is 6.40. The zero-order valence-electron chi connectivity index (χ0n) is 17.7. The zero-order chi connectivity index (χ0) is 22.1. The molecule has 0 aliphatic carbocycles. The number of aryl methyl sites for hydroxylation is 1. The highest BCUT2D eigenvalue weighted by Crippen LogP contribution is 2.31. The summed E-state index contributed by atoms with van der Waals surface area (Å²) in [6, 6.07) is 19.4. The van der Waals surface area contributed by atoms with Crippen LogP contribution in [0.3, 0.4) is 0 Å². The summed E-state index contributed by atoms with van der Waals surface area (Å²) in [7, 11) is 0. The van der Waals surface area contributed by atoms with Gasteiger partial charge in [0.2, 0.25) is 0 Å². The molecule has 4 aromatic rings. The molecule has 0 atom stereocenters. The molecule has 2 aromatic carbocycles. The first-order chi connectivity index (χ1) is 15.6. The van der Waals surface area contributed by atoms with Gasteiger partial charge in [0.25, 0.3) is 5.91 Å². The maximum atomic E-state index is 13.2. The van der Waals surface area contributed by atoms with Gasteiger partial charge in [0, 0.05) is 36.6 Å². The Morgan fingerprint density at radius 3 is 2.50 bits per heavy atom. The van der Waals surface area contributed by atoms with Gasteiger partial charge in [-0.2, -0.15) is 5.10 Å². The van der Waals surface area contributed by atoms with Crippen molar-refractivity contribution in [2.75, 3.05) is 32.9 Å². The van der Waals surface area contributed by atoms with E-state index < -0.39 is 0 Å². The van der Waals surface area contributed by atoms with Crippen LogP contribution in [0.4, 0.5) is 0 Å². The molecule has 6 nitrogen and oxygen atoms in total. The molecule has 32 heavy (non-hydrogen) atoms. The fourth-order valence-corrected chi connectivity index (χ4v) is 5.11. The standard InChI is InChI=1S/C24H23ClN4O2S/c1-17-21-15-22(32-24(21)29(26-17)19-5-3-2-4-6-19)23(30)28-13-11-27(12-14-28)16-31-20-9-7-18(25)8-10-20/h2-10,15H,11-14,16H2,1H3. The molecule has 1 aliphatic rings. The van der Waals surface area contributed by atoms with Crippen molar-refractivity contribution in [3.8, 4) is 11.4 Å². The van der Waals surface area contributed by atoms with Gasteiger partial charge < -0.3 is 9.64 Å². The molecule has 2 aromatic heterocycles. The lowest BCUT2D eigenvalue weighted by Crippen LogP contribution is -2.49. The number of ether oxygens (including phenoxy) is 1. The molecule has 1 amide bonds. The van der Waals surface area contributed by atoms with Crippen LogP contribution in [0.5, 0.6) is 5.75 Å². The van der Waals surface area contributed by atoms with E-state index in [-0.39, 0.29) is 5.91 Å². The quantitative estimate of drug-likeness (QED) is 0.422. The highest BCUT2D eigenvalue weighted by atomic mass is 35.5. The third kappa shape index (κ3) is 4.24. The molecule has 5 rings (SSSR count). The van der Waals surface area contributed by atoms with Gasteiger partial charge >= 0.3 is 0 Å². The number of thiophene rings is 1. The fraction of sp³-hybridized carbons (Fsp3) is 0.250. The Kier molecular flexibility index (Phi) is 5.87. The highest BCUT2D eigenvalue weighted by Gasteiger charge is 2.25. The number of halogens is 1. The van der Waals surface area contributed by atoms with Crippen LogP contribution in [0.1, 0.15) is 15.4 Å². The summed E-state index contributed by atoms with van der Waals surface area (Å²) in [5.74, 6) is 0.879. The smallest absolute Gasteiger partial charge is 0.264 e. The molecule has 1 saturated heterocycles. The minimum Gasteiger partial charge on any atom is -0.478 e. The van der Waals surface area contributed by atoms with E-state index in [0.29, 0.717) is 24.8 Å². The molecule has 0 bridgehead atoms. The predicted octanol–water partition coefficient (Wildman–Crippen LogP) is 4.84. The topological polar surface area (TPSA) is 50.6 Å². The lowest BCUT2D eigenvalue weighted by molar-refractivity contribution is 0.0485. The third-order valence-corrected chi connectivity index (χ3v) is 6.99. The minimum absolute atomic E-state index is 0.0866. The molecule has 0 saturated carbocycles. The molecule has 8 heteroatoms. The number of hydrogen-bond donors (Lipinski definition) is 0. The summed E-state index contributed by atoms with van der Waals surface area (Å²) >= 11 is 7.43. The van der Waals surface area contributed by atoms with Crippen LogP contribution >= 0.6 is 22.9 Å². The van der Waals surface area contributed by atoms with E-state index >= 15 is 0 Å². The SMILES string of the molecule is Cc1nn(-c2ccccc2)c2sc(C(=O)N3CCN(COc4ccc(Cl)cc4)CC3)cc12. The van der Waals surface area contributed by atoms with E-state index in [0.717, 1.165) is 45.3 Å². The first kappa shape index (κ1) is 21.0. The summed E-state index contributed by atoms with van der Waals surface area (Å²) in [6.07, 6.45) is 0. The molecular formula is C24H23ClN4O2S. The molecule has 3 heterocycles. The number of hydrogen-bond acceptors (Lipinski definition) is 5. The number of benzene rings is 2. The first-order valence-corrected chi connectivity index (χ1v) is 11.7. The van der Waals surface area contributed by atoms with Gasteiger partial charge in [0.1, 0.15) is 17.3 Å². The molecule has 1 fully saturated rings. The normalized spacial score (nSPS) is 14.8. The van der Waals surface area contributed by atoms with Crippen molar-refractivity contribution in [2.45, 2.75) is 6.92 Å². The number of aromatic nitrogens is 2. The monoisotopic (exact) mass is 466 g/mol. The maximum Gasteiger partial charge on any atom is 0.264 e. The van der Waals surface area contributed by atoms with E-state index in [4.69, 9.17) is 16.3 Å². The van der Waals surface area contributed by atoms with Crippen LogP contribution in [0.2, 0.25) is 5.02 Å². The number of fused-ring (bicyclic) bond motifs is 1. The number of nitrogens with zero attached hydrogens (tertiary/aromatic N) is 4. The van der Waals surface area contributed by atoms with Gasteiger partial charge in [0.15, 0.2) is 0 Å². The van der Waals surface area contributed by atoms with Crippen molar-refractivity contribution in [1.29, 1.82) is 0 Å². The van der Waals surface area contributed by atoms with Crippen molar-refractivity contribution in [2.24, 2.45) is 0 Å². The Morgan fingerprint density at radius 1 is 1.06 bits per heavy atom. The summed E-state index contributed by atoms with van der Waals surface area (Å²) < 4.78 is 7.76. The predicted molar refractivity (Wildman–Crippen MR) is 128 cm³/mol. The van der Waals surface area contributed by atoms with Gasteiger partial charge in [-0.15, -0.1) is 11.3 Å². The number of para-hydroxylation sites is 1. The summed E-state index contributed by atoms with van der Waals surface area (Å²) in [4.78, 5) is 19.1. The van der Waals surface area contributed by atoms with Crippen molar-refractivity contribution < 1.29 is 9.53 Å². The van der Waals surface area contributed by atoms with Gasteiger partial charge in [0.05, 0.1) is 16.3 Å². The van der Waals surface area contributed by atoms with E-state index in [1.165, 1.54) is 11.3 Å². The lowest BCUT2D eigenvalue weighted by Gasteiger charge is -2.34. The second-order valence-corrected chi connectivity index (χ2v) is 9.27. The molecule has 0 N–H and O–H groups in total. The van der Waals surface area contributed by atoms with Gasteiger partial charge in [-0.3, -0.25) is 9.69 Å². The molecule has 164 valence electrons. The Hall–Kier alpha value is -2.87. The Labute approximate surface area is 195 Å². The second-order valence-electron chi connectivity index (χ2n) is 7.80. The first-order valence-electron chi connectivity index (χ1n) is 10.5. The summed E-state index contributed by atoms with van der Waals surface area (Å²) in [6.45, 7) is 5.41. The van der Waals surface area contributed by atoms with Crippen LogP contribution in [-0.4, -0.2) is 58.4 Å². The largest absolute Gasteiger partial charge is 0.478 e. The van der Waals surface area contributed by atoms with Crippen molar-refractivity contribution >= 4 is 39.1 Å². The van der Waals surface area contributed by atoms with Gasteiger partial charge in [-0.25, -0.2) is 4.68 Å². The number of carbonyl (C=O) groups is 1. The third-order valence-electron chi connectivity index (χ3n) is 5.64. The van der Waals surface area contributed by atoms with E-state index in [1.807, 2.05) is 77.2 Å². The number of amides is 1. The molecule has 0 spiro atoms. The van der Waals surface area contributed by atoms with Crippen LogP contribution in [0, 0.1) is 6.92 Å². The van der Waals surface area contributed by atoms with Crippen LogP contribution < -0.4 is 4.74 Å². The molecule has 0 unspecified atom stereocenters. The average molecular weight is 467 g/mol. The lowest BCUT2D eigenvalue weighted by atomic mass is 10.2. The Morgan fingerprint density at radius 2 is 1.78 bits per heavy atom. The van der Waals surface area contributed by atoms with Gasteiger partial charge in [-0.05, 0) is 49.4 Å². The molecular weight excluding hydrogens is 444 g/mol. The Balaban J connectivity index is 1.24. The number of rotatable bonds is 5. The Bertz CT molecular complexity index is 1230. The summed E-state index contributed by atoms with van der Waals surface area (Å²) in [5.41, 5.74) is 1.93. The maximum absolute atomic E-state index is 13.2. The van der Waals surface area contributed by atoms with Crippen LogP contribution in [0.25, 0.3) is 15.9 Å².